The van der Waals surface area contributed by atoms with Crippen LogP contribution in [-0.4, -0.2) is 26.7 Å². The molecule has 0 aliphatic rings. The van der Waals surface area contributed by atoms with Crippen LogP contribution in [0.3, 0.4) is 0 Å². The Morgan fingerprint density at radius 3 is 2.46 bits per heavy atom. The van der Waals surface area contributed by atoms with Crippen LogP contribution in [0.25, 0.3) is 0 Å². The molecule has 0 spiro atoms. The molecular weight excluding hydrogens is 377 g/mol. The van der Waals surface area contributed by atoms with Gasteiger partial charge in [-0.3, -0.25) is 4.79 Å². The van der Waals surface area contributed by atoms with Crippen molar-refractivity contribution < 1.29 is 18.7 Å². The highest BCUT2D eigenvalue weighted by Crippen LogP contribution is 2.33. The van der Waals surface area contributed by atoms with Crippen LogP contribution >= 0.6 is 15.9 Å². The molecule has 0 fully saturated rings. The van der Waals surface area contributed by atoms with Crippen molar-refractivity contribution in [2.24, 2.45) is 0 Å². The Bertz CT molecular complexity index is 749. The topological polar surface area (TPSA) is 47.6 Å². The molecule has 1 amide bonds. The number of halogens is 2. The van der Waals surface area contributed by atoms with Gasteiger partial charge >= 0.3 is 0 Å². The van der Waals surface area contributed by atoms with Gasteiger partial charge in [-0.25, -0.2) is 4.39 Å². The Morgan fingerprint density at radius 2 is 1.83 bits per heavy atom. The molecule has 2 aromatic rings. The molecular formula is C18H19BrFNO3. The number of aryl methyl sites for hydroxylation is 1. The minimum Gasteiger partial charge on any atom is -0.493 e. The lowest BCUT2D eigenvalue weighted by molar-refractivity contribution is 0.0953. The molecule has 0 aliphatic carbocycles. The number of rotatable bonds is 6. The van der Waals surface area contributed by atoms with E-state index < -0.39 is 0 Å². The largest absolute Gasteiger partial charge is 0.493 e. The van der Waals surface area contributed by atoms with Gasteiger partial charge in [0.2, 0.25) is 0 Å². The van der Waals surface area contributed by atoms with Gasteiger partial charge in [0.05, 0.1) is 14.2 Å². The molecule has 2 rings (SSSR count). The van der Waals surface area contributed by atoms with Gasteiger partial charge in [0.15, 0.2) is 11.5 Å². The van der Waals surface area contributed by atoms with E-state index >= 15 is 0 Å². The third-order valence-electron chi connectivity index (χ3n) is 3.67. The summed E-state index contributed by atoms with van der Waals surface area (Å²) in [5.41, 5.74) is 1.80. The van der Waals surface area contributed by atoms with Crippen LogP contribution in [0.4, 0.5) is 4.39 Å². The molecule has 6 heteroatoms. The lowest BCUT2D eigenvalue weighted by Gasteiger charge is -2.12. The first-order valence-electron chi connectivity index (χ1n) is 7.41. The van der Waals surface area contributed by atoms with Crippen LogP contribution in [0.15, 0.2) is 34.8 Å². The number of methoxy groups -OCH3 is 2. The van der Waals surface area contributed by atoms with E-state index in [0.29, 0.717) is 35.6 Å². The first kappa shape index (κ1) is 18.3. The summed E-state index contributed by atoms with van der Waals surface area (Å²) >= 11 is 3.48. The third kappa shape index (κ3) is 4.26. The predicted molar refractivity (Wildman–Crippen MR) is 94.4 cm³/mol. The van der Waals surface area contributed by atoms with Crippen LogP contribution in [0, 0.1) is 12.7 Å². The highest BCUT2D eigenvalue weighted by atomic mass is 79.9. The fraction of sp³-hybridized carbons (Fsp3) is 0.278. The number of hydrogen-bond acceptors (Lipinski definition) is 3. The minimum absolute atomic E-state index is 0.300. The van der Waals surface area contributed by atoms with Crippen molar-refractivity contribution >= 4 is 21.8 Å². The molecule has 1 N–H and O–H groups in total. The molecule has 0 radical (unpaired) electrons. The fourth-order valence-electron chi connectivity index (χ4n) is 2.23. The lowest BCUT2D eigenvalue weighted by atomic mass is 10.1. The number of hydrogen-bond donors (Lipinski definition) is 1. The van der Waals surface area contributed by atoms with E-state index in [1.807, 2.05) is 12.1 Å². The molecule has 0 saturated heterocycles. The van der Waals surface area contributed by atoms with E-state index in [2.05, 4.69) is 21.2 Å². The van der Waals surface area contributed by atoms with E-state index in [9.17, 15) is 9.18 Å². The zero-order valence-electron chi connectivity index (χ0n) is 13.8. The van der Waals surface area contributed by atoms with Crippen molar-refractivity contribution in [3.8, 4) is 11.5 Å². The quantitative estimate of drug-likeness (QED) is 0.806. The van der Waals surface area contributed by atoms with Gasteiger partial charge in [-0.05, 0) is 48.7 Å². The van der Waals surface area contributed by atoms with Crippen LogP contribution in [0.1, 0.15) is 21.5 Å². The summed E-state index contributed by atoms with van der Waals surface area (Å²) in [4.78, 5) is 12.1. The highest BCUT2D eigenvalue weighted by Gasteiger charge is 2.11. The Hall–Kier alpha value is -2.08. The highest BCUT2D eigenvalue weighted by molar-refractivity contribution is 9.10. The van der Waals surface area contributed by atoms with Gasteiger partial charge in [-0.2, -0.15) is 0 Å². The number of amides is 1. The van der Waals surface area contributed by atoms with E-state index in [-0.39, 0.29) is 11.7 Å². The van der Waals surface area contributed by atoms with Crippen molar-refractivity contribution in [2.45, 2.75) is 13.3 Å². The molecule has 0 atom stereocenters. The molecule has 2 aromatic carbocycles. The maximum atomic E-state index is 13.5. The van der Waals surface area contributed by atoms with Crippen LogP contribution in [0.2, 0.25) is 0 Å². The standard InChI is InChI=1S/C18H19BrFNO3/c1-11-4-5-13(8-15(11)20)18(22)21-7-6-12-9-16(23-2)17(24-3)10-14(12)19/h4-5,8-10H,6-7H2,1-3H3,(H,21,22). The minimum atomic E-state index is -0.384. The summed E-state index contributed by atoms with van der Waals surface area (Å²) in [6, 6.07) is 8.14. The summed E-state index contributed by atoms with van der Waals surface area (Å²) < 4.78 is 24.9. The average Bonchev–Trinajstić information content (AvgIpc) is 2.58. The zero-order chi connectivity index (χ0) is 17.7. The van der Waals surface area contributed by atoms with Gasteiger partial charge < -0.3 is 14.8 Å². The monoisotopic (exact) mass is 395 g/mol. The number of nitrogens with one attached hydrogen (secondary N) is 1. The molecule has 0 aliphatic heterocycles. The summed E-state index contributed by atoms with van der Waals surface area (Å²) in [6.45, 7) is 2.08. The smallest absolute Gasteiger partial charge is 0.251 e. The second-order valence-corrected chi connectivity index (χ2v) is 6.12. The van der Waals surface area contributed by atoms with E-state index in [1.54, 1.807) is 33.3 Å². The fourth-order valence-corrected chi connectivity index (χ4v) is 2.76. The number of ether oxygens (including phenoxy) is 2. The third-order valence-corrected chi connectivity index (χ3v) is 4.40. The molecule has 0 bridgehead atoms. The summed E-state index contributed by atoms with van der Waals surface area (Å²) in [7, 11) is 3.15. The van der Waals surface area contributed by atoms with E-state index in [1.165, 1.54) is 6.07 Å². The van der Waals surface area contributed by atoms with Crippen molar-refractivity contribution in [2.75, 3.05) is 20.8 Å². The lowest BCUT2D eigenvalue weighted by Crippen LogP contribution is -2.25. The summed E-state index contributed by atoms with van der Waals surface area (Å²) in [5, 5.41) is 2.79. The van der Waals surface area contributed by atoms with Gasteiger partial charge in [-0.15, -0.1) is 0 Å². The Labute approximate surface area is 149 Å². The Kier molecular flexibility index (Phi) is 6.20. The predicted octanol–water partition coefficient (Wildman–Crippen LogP) is 3.89. The first-order valence-corrected chi connectivity index (χ1v) is 8.20. The Balaban J connectivity index is 2.01. The van der Waals surface area contributed by atoms with Crippen molar-refractivity contribution in [3.63, 3.8) is 0 Å². The summed E-state index contributed by atoms with van der Waals surface area (Å²) in [6.07, 6.45) is 0.598. The average molecular weight is 396 g/mol. The van der Waals surface area contributed by atoms with Crippen molar-refractivity contribution in [1.82, 2.24) is 5.32 Å². The van der Waals surface area contributed by atoms with Gasteiger partial charge in [-0.1, -0.05) is 22.0 Å². The summed E-state index contributed by atoms with van der Waals surface area (Å²) in [5.74, 6) is 0.575. The number of benzene rings is 2. The number of carbonyl (C=O) groups is 1. The number of carbonyl (C=O) groups excluding carboxylic acids is 1. The van der Waals surface area contributed by atoms with Crippen LogP contribution in [0.5, 0.6) is 11.5 Å². The molecule has 0 aromatic heterocycles. The van der Waals surface area contributed by atoms with Crippen molar-refractivity contribution in [1.29, 1.82) is 0 Å². The Morgan fingerprint density at radius 1 is 1.17 bits per heavy atom. The molecule has 24 heavy (non-hydrogen) atoms. The van der Waals surface area contributed by atoms with Gasteiger partial charge in [0.25, 0.3) is 5.91 Å². The van der Waals surface area contributed by atoms with Crippen LogP contribution in [-0.2, 0) is 6.42 Å². The second kappa shape index (κ2) is 8.15. The molecule has 0 saturated carbocycles. The van der Waals surface area contributed by atoms with Gasteiger partial charge in [0.1, 0.15) is 5.82 Å². The van der Waals surface area contributed by atoms with Crippen molar-refractivity contribution in [3.05, 3.63) is 57.3 Å². The normalized spacial score (nSPS) is 10.4. The first-order chi connectivity index (χ1) is 11.5. The molecule has 0 unspecified atom stereocenters. The second-order valence-electron chi connectivity index (χ2n) is 5.27. The maximum Gasteiger partial charge on any atom is 0.251 e. The zero-order valence-corrected chi connectivity index (χ0v) is 15.4. The SMILES string of the molecule is COc1cc(Br)c(CCNC(=O)c2ccc(C)c(F)c2)cc1OC. The maximum absolute atomic E-state index is 13.5. The van der Waals surface area contributed by atoms with Crippen LogP contribution < -0.4 is 14.8 Å². The van der Waals surface area contributed by atoms with E-state index in [4.69, 9.17) is 9.47 Å². The van der Waals surface area contributed by atoms with Gasteiger partial charge in [0, 0.05) is 16.6 Å². The molecule has 4 nitrogen and oxygen atoms in total. The molecule has 0 heterocycles. The van der Waals surface area contributed by atoms with E-state index in [0.717, 1.165) is 10.0 Å². The molecule has 128 valence electrons.